The molecule has 3 amide bonds. The third-order valence-corrected chi connectivity index (χ3v) is 6.07. The van der Waals surface area contributed by atoms with Crippen LogP contribution in [-0.2, 0) is 14.4 Å². The van der Waals surface area contributed by atoms with E-state index >= 15 is 0 Å². The van der Waals surface area contributed by atoms with Crippen molar-refractivity contribution in [2.75, 3.05) is 33.2 Å². The molecule has 2 atom stereocenters. The highest BCUT2D eigenvalue weighted by Gasteiger charge is 2.39. The number of piperazine rings is 1. The smallest absolute Gasteiger partial charge is 0.245 e. The number of carbonyl (C=O) groups is 3. The fourth-order valence-electron chi connectivity index (χ4n) is 4.46. The van der Waals surface area contributed by atoms with Gasteiger partial charge in [-0.1, -0.05) is 27.7 Å². The maximum absolute atomic E-state index is 13.4. The topological polar surface area (TPSA) is 81.8 Å². The number of hydrogen-bond acceptors (Lipinski definition) is 4. The van der Waals surface area contributed by atoms with Gasteiger partial charge in [-0.2, -0.15) is 0 Å². The van der Waals surface area contributed by atoms with E-state index in [-0.39, 0.29) is 29.8 Å². The third kappa shape index (κ3) is 6.69. The van der Waals surface area contributed by atoms with Crippen molar-refractivity contribution in [3.05, 3.63) is 0 Å². The lowest BCUT2D eigenvalue weighted by Crippen LogP contribution is -2.62. The fourth-order valence-corrected chi connectivity index (χ4v) is 4.46. The van der Waals surface area contributed by atoms with Gasteiger partial charge in [-0.3, -0.25) is 14.4 Å². The summed E-state index contributed by atoms with van der Waals surface area (Å²) in [6.07, 6.45) is 3.71. The van der Waals surface area contributed by atoms with E-state index in [1.807, 2.05) is 9.80 Å². The Balaban J connectivity index is 2.05. The molecule has 7 nitrogen and oxygen atoms in total. The number of hydrogen-bond donors (Lipinski definition) is 2. The highest BCUT2D eigenvalue weighted by atomic mass is 16.2. The molecule has 166 valence electrons. The Hall–Kier alpha value is -1.63. The summed E-state index contributed by atoms with van der Waals surface area (Å²) >= 11 is 0. The first-order valence-electron chi connectivity index (χ1n) is 11.3. The van der Waals surface area contributed by atoms with E-state index in [4.69, 9.17) is 0 Å². The minimum atomic E-state index is -0.380. The summed E-state index contributed by atoms with van der Waals surface area (Å²) in [4.78, 5) is 41.9. The number of piperidine rings is 1. The van der Waals surface area contributed by atoms with Crippen LogP contribution in [0.15, 0.2) is 0 Å². The molecule has 29 heavy (non-hydrogen) atoms. The Kier molecular flexibility index (Phi) is 8.93. The van der Waals surface area contributed by atoms with Gasteiger partial charge in [0.2, 0.25) is 17.7 Å². The van der Waals surface area contributed by atoms with Crippen molar-refractivity contribution < 1.29 is 14.4 Å². The van der Waals surface area contributed by atoms with Crippen LogP contribution in [0, 0.1) is 17.8 Å². The van der Waals surface area contributed by atoms with Crippen LogP contribution < -0.4 is 10.6 Å². The lowest BCUT2D eigenvalue weighted by atomic mass is 9.91. The molecular formula is C22H40N4O3. The third-order valence-electron chi connectivity index (χ3n) is 6.07. The van der Waals surface area contributed by atoms with Gasteiger partial charge in [-0.25, -0.2) is 0 Å². The van der Waals surface area contributed by atoms with Crippen LogP contribution >= 0.6 is 0 Å². The van der Waals surface area contributed by atoms with E-state index in [9.17, 15) is 14.4 Å². The van der Waals surface area contributed by atoms with E-state index in [2.05, 4.69) is 38.3 Å². The second-order valence-corrected chi connectivity index (χ2v) is 9.46. The molecule has 2 saturated heterocycles. The predicted octanol–water partition coefficient (Wildman–Crippen LogP) is 1.62. The molecule has 2 aliphatic heterocycles. The molecule has 2 heterocycles. The Morgan fingerprint density at radius 2 is 1.76 bits per heavy atom. The molecule has 0 aromatic heterocycles. The molecule has 0 aliphatic carbocycles. The number of likely N-dealkylation sites (tertiary alicyclic amines) is 1. The van der Waals surface area contributed by atoms with Crippen LogP contribution in [-0.4, -0.2) is 72.8 Å². The predicted molar refractivity (Wildman–Crippen MR) is 114 cm³/mol. The molecular weight excluding hydrogens is 368 g/mol. The summed E-state index contributed by atoms with van der Waals surface area (Å²) < 4.78 is 0. The molecule has 2 rings (SSSR count). The molecule has 0 aromatic rings. The van der Waals surface area contributed by atoms with Gasteiger partial charge in [0.15, 0.2) is 0 Å². The van der Waals surface area contributed by atoms with Gasteiger partial charge in [0.05, 0.1) is 6.04 Å². The van der Waals surface area contributed by atoms with Crippen LogP contribution in [0.4, 0.5) is 0 Å². The van der Waals surface area contributed by atoms with Gasteiger partial charge in [0.25, 0.3) is 0 Å². The van der Waals surface area contributed by atoms with Gasteiger partial charge in [0, 0.05) is 39.6 Å². The second-order valence-electron chi connectivity index (χ2n) is 9.46. The maximum atomic E-state index is 13.4. The molecule has 0 spiro atoms. The number of amides is 3. The molecule has 0 radical (unpaired) electrons. The van der Waals surface area contributed by atoms with E-state index in [0.717, 1.165) is 25.8 Å². The van der Waals surface area contributed by atoms with Crippen LogP contribution in [0.25, 0.3) is 0 Å². The summed E-state index contributed by atoms with van der Waals surface area (Å²) in [7, 11) is 1.66. The summed E-state index contributed by atoms with van der Waals surface area (Å²) in [5.41, 5.74) is 0. The van der Waals surface area contributed by atoms with Crippen molar-refractivity contribution in [3.8, 4) is 0 Å². The minimum Gasteiger partial charge on any atom is -0.359 e. The molecule has 7 heteroatoms. The Labute approximate surface area is 175 Å². The van der Waals surface area contributed by atoms with Gasteiger partial charge < -0.3 is 20.4 Å². The molecule has 2 N–H and O–H groups in total. The van der Waals surface area contributed by atoms with Crippen LogP contribution in [0.5, 0.6) is 0 Å². The zero-order valence-electron chi connectivity index (χ0n) is 18.9. The second kappa shape index (κ2) is 11.0. The van der Waals surface area contributed by atoms with E-state index in [1.165, 1.54) is 0 Å². The fraction of sp³-hybridized carbons (Fsp3) is 0.864. The van der Waals surface area contributed by atoms with Crippen molar-refractivity contribution in [1.82, 2.24) is 20.4 Å². The van der Waals surface area contributed by atoms with Gasteiger partial charge in [-0.05, 0) is 43.4 Å². The average molecular weight is 409 g/mol. The van der Waals surface area contributed by atoms with Crippen molar-refractivity contribution in [2.45, 2.75) is 71.9 Å². The summed E-state index contributed by atoms with van der Waals surface area (Å²) in [6, 6.07) is -0.570. The van der Waals surface area contributed by atoms with Gasteiger partial charge in [-0.15, -0.1) is 0 Å². The van der Waals surface area contributed by atoms with Crippen molar-refractivity contribution in [1.29, 1.82) is 0 Å². The lowest BCUT2D eigenvalue weighted by molar-refractivity contribution is -0.150. The zero-order chi connectivity index (χ0) is 21.6. The summed E-state index contributed by atoms with van der Waals surface area (Å²) in [5, 5.41) is 6.01. The van der Waals surface area contributed by atoms with Crippen LogP contribution in [0.3, 0.4) is 0 Å². The van der Waals surface area contributed by atoms with E-state index in [0.29, 0.717) is 50.2 Å². The lowest BCUT2D eigenvalue weighted by Gasteiger charge is -2.42. The molecule has 0 bridgehead atoms. The largest absolute Gasteiger partial charge is 0.359 e. The van der Waals surface area contributed by atoms with Gasteiger partial charge in [0.1, 0.15) is 6.04 Å². The Bertz CT molecular complexity index is 570. The number of carbonyl (C=O) groups excluding carboxylic acids is 3. The maximum Gasteiger partial charge on any atom is 0.245 e. The first kappa shape index (κ1) is 23.6. The van der Waals surface area contributed by atoms with E-state index in [1.54, 1.807) is 7.05 Å². The van der Waals surface area contributed by atoms with Crippen molar-refractivity contribution in [2.24, 2.45) is 17.8 Å². The average Bonchev–Trinajstić information content (AvgIpc) is 2.67. The summed E-state index contributed by atoms with van der Waals surface area (Å²) in [5.74, 6) is 1.30. The Morgan fingerprint density at radius 1 is 1.10 bits per heavy atom. The van der Waals surface area contributed by atoms with E-state index < -0.39 is 0 Å². The van der Waals surface area contributed by atoms with Crippen LogP contribution in [0.2, 0.25) is 0 Å². The molecule has 2 fully saturated rings. The highest BCUT2D eigenvalue weighted by Crippen LogP contribution is 2.24. The van der Waals surface area contributed by atoms with Crippen LogP contribution in [0.1, 0.15) is 59.8 Å². The molecule has 0 saturated carbocycles. The highest BCUT2D eigenvalue weighted by molar-refractivity contribution is 5.90. The number of nitrogens with zero attached hydrogens (tertiary/aromatic N) is 2. The Morgan fingerprint density at radius 3 is 2.31 bits per heavy atom. The zero-order valence-corrected chi connectivity index (χ0v) is 18.9. The molecule has 2 aliphatic rings. The monoisotopic (exact) mass is 408 g/mol. The standard InChI is InChI=1S/C22H40N4O3/c1-15(2)12-18-21(28)26(11-8-24-18)19(13-16(3)4)22(29)25-9-6-17(7-10-25)14-20(27)23-5/h15-19,24H,6-14H2,1-5H3,(H,23,27)/t18-,19-/m0/s1. The van der Waals surface area contributed by atoms with Gasteiger partial charge >= 0.3 is 0 Å². The molecule has 0 unspecified atom stereocenters. The SMILES string of the molecule is CNC(=O)CC1CCN(C(=O)[C@H](CC(C)C)N2CCN[C@@H](CC(C)C)C2=O)CC1. The minimum absolute atomic E-state index is 0.0649. The van der Waals surface area contributed by atoms with Crippen molar-refractivity contribution >= 4 is 17.7 Å². The number of nitrogens with one attached hydrogen (secondary N) is 2. The van der Waals surface area contributed by atoms with Crippen molar-refractivity contribution in [3.63, 3.8) is 0 Å². The normalized spacial score (nSPS) is 22.3. The first-order valence-corrected chi connectivity index (χ1v) is 11.3. The first-order chi connectivity index (χ1) is 13.7. The quantitative estimate of drug-likeness (QED) is 0.639. The summed E-state index contributed by atoms with van der Waals surface area (Å²) in [6.45, 7) is 11.1. The molecule has 0 aromatic carbocycles. The number of rotatable bonds is 8.